The Labute approximate surface area is 327 Å². The number of aromatic hydroxyl groups is 1. The van der Waals surface area contributed by atoms with E-state index in [1.165, 1.54) is 26.4 Å². The maximum Gasteiger partial charge on any atom is 0.417 e. The topological polar surface area (TPSA) is 138 Å². The molecule has 6 unspecified atom stereocenters. The first kappa shape index (κ1) is 37.3. The molecule has 11 nitrogen and oxygen atoms in total. The van der Waals surface area contributed by atoms with E-state index in [-0.39, 0.29) is 35.7 Å². The fourth-order valence-electron chi connectivity index (χ4n) is 9.09. The highest BCUT2D eigenvalue weighted by atomic mass is 35.5. The van der Waals surface area contributed by atoms with E-state index >= 15 is 4.79 Å². The average Bonchev–Trinajstić information content (AvgIpc) is 3.56. The van der Waals surface area contributed by atoms with Crippen molar-refractivity contribution in [2.75, 3.05) is 24.5 Å². The summed E-state index contributed by atoms with van der Waals surface area (Å²) in [6.07, 6.45) is -2.45. The fourth-order valence-corrected chi connectivity index (χ4v) is 9.43. The number of para-hydroxylation sites is 1. The lowest BCUT2D eigenvalue weighted by Crippen LogP contribution is -2.53. The van der Waals surface area contributed by atoms with Crippen LogP contribution in [0.15, 0.2) is 90.6 Å². The molecule has 3 aromatic carbocycles. The van der Waals surface area contributed by atoms with Gasteiger partial charge in [-0.1, -0.05) is 65.2 Å². The molecule has 8 rings (SSSR count). The van der Waals surface area contributed by atoms with Gasteiger partial charge in [-0.2, -0.15) is 18.2 Å². The minimum Gasteiger partial charge on any atom is -0.507 e. The number of methoxy groups -OCH3 is 2. The summed E-state index contributed by atoms with van der Waals surface area (Å²) < 4.78 is 51.8. The lowest BCUT2D eigenvalue weighted by molar-refractivity contribution is -0.139. The average molecular weight is 808 g/mol. The Morgan fingerprint density at radius 1 is 0.911 bits per heavy atom. The molecular formula is C40H31Cl2F3N4O7. The summed E-state index contributed by atoms with van der Waals surface area (Å²) in [5.41, 5.74) is 0.865. The number of pyridine rings is 1. The SMILES string of the molecule is COc1cc(O)c(C2C3=CCC4C(=O)N(c5ccccc5)C(=O)C4C3CC3C(=O)N(Nc4ncc(C(F)(F)F)cc4Cl)C(=O)C32c2ccc(Cl)cc2)c(OC)c1. The number of hydrogen-bond acceptors (Lipinski definition) is 9. The Kier molecular flexibility index (Phi) is 9.04. The largest absolute Gasteiger partial charge is 0.507 e. The second-order valence-electron chi connectivity index (χ2n) is 14.0. The Balaban J connectivity index is 1.35. The molecule has 4 amide bonds. The van der Waals surface area contributed by atoms with Gasteiger partial charge in [0.05, 0.1) is 53.7 Å². The second kappa shape index (κ2) is 13.6. The van der Waals surface area contributed by atoms with Crippen LogP contribution in [0.2, 0.25) is 10.0 Å². The maximum atomic E-state index is 15.4. The van der Waals surface area contributed by atoms with Gasteiger partial charge in [-0.3, -0.25) is 29.5 Å². The molecule has 3 fully saturated rings. The van der Waals surface area contributed by atoms with Crippen LogP contribution in [0, 0.1) is 23.7 Å². The number of fused-ring (bicyclic) bond motifs is 4. The highest BCUT2D eigenvalue weighted by molar-refractivity contribution is 6.33. The molecule has 0 spiro atoms. The zero-order valence-corrected chi connectivity index (χ0v) is 31.0. The summed E-state index contributed by atoms with van der Waals surface area (Å²) in [7, 11) is 2.75. The number of aromatic nitrogens is 1. The number of rotatable bonds is 7. The van der Waals surface area contributed by atoms with Crippen LogP contribution >= 0.6 is 23.2 Å². The fraction of sp³-hybridized carbons (Fsp3) is 0.275. The first-order chi connectivity index (χ1) is 26.7. The Bertz CT molecular complexity index is 2340. The van der Waals surface area contributed by atoms with Crippen LogP contribution in [-0.4, -0.2) is 52.9 Å². The number of hydrazine groups is 1. The summed E-state index contributed by atoms with van der Waals surface area (Å²) in [6, 6.07) is 18.2. The molecule has 56 heavy (non-hydrogen) atoms. The number of imide groups is 2. The van der Waals surface area contributed by atoms with Crippen molar-refractivity contribution in [3.63, 3.8) is 0 Å². The van der Waals surface area contributed by atoms with Gasteiger partial charge in [0.15, 0.2) is 5.82 Å². The van der Waals surface area contributed by atoms with Crippen molar-refractivity contribution in [2.24, 2.45) is 23.7 Å². The first-order valence-corrected chi connectivity index (χ1v) is 18.2. The van der Waals surface area contributed by atoms with Crippen molar-refractivity contribution in [3.05, 3.63) is 117 Å². The Morgan fingerprint density at radius 2 is 1.62 bits per heavy atom. The summed E-state index contributed by atoms with van der Waals surface area (Å²) in [5.74, 6) is -8.01. The quantitative estimate of drug-likeness (QED) is 0.145. The summed E-state index contributed by atoms with van der Waals surface area (Å²) in [4.78, 5) is 63.8. The number of halogens is 5. The predicted molar refractivity (Wildman–Crippen MR) is 197 cm³/mol. The van der Waals surface area contributed by atoms with E-state index in [1.54, 1.807) is 60.7 Å². The molecule has 288 valence electrons. The molecule has 2 aliphatic carbocycles. The number of alkyl halides is 3. The molecule has 0 radical (unpaired) electrons. The van der Waals surface area contributed by atoms with Crippen LogP contribution < -0.4 is 19.8 Å². The molecule has 0 bridgehead atoms. The minimum absolute atomic E-state index is 0.0986. The van der Waals surface area contributed by atoms with E-state index in [2.05, 4.69) is 10.4 Å². The van der Waals surface area contributed by atoms with Gasteiger partial charge in [0.2, 0.25) is 11.8 Å². The van der Waals surface area contributed by atoms with Crippen LogP contribution in [0.1, 0.15) is 35.4 Å². The molecule has 2 aliphatic heterocycles. The van der Waals surface area contributed by atoms with Gasteiger partial charge in [-0.25, -0.2) is 4.98 Å². The van der Waals surface area contributed by atoms with Gasteiger partial charge in [0, 0.05) is 34.8 Å². The maximum absolute atomic E-state index is 15.4. The van der Waals surface area contributed by atoms with Gasteiger partial charge in [-0.15, -0.1) is 0 Å². The van der Waals surface area contributed by atoms with E-state index in [4.69, 9.17) is 32.7 Å². The number of ether oxygens (including phenoxy) is 2. The lowest BCUT2D eigenvalue weighted by Gasteiger charge is -2.50. The summed E-state index contributed by atoms with van der Waals surface area (Å²) >= 11 is 12.6. The number of nitrogens with one attached hydrogen (secondary N) is 1. The number of carbonyl (C=O) groups is 4. The van der Waals surface area contributed by atoms with Gasteiger partial charge >= 0.3 is 6.18 Å². The van der Waals surface area contributed by atoms with Crippen LogP contribution in [0.5, 0.6) is 17.2 Å². The van der Waals surface area contributed by atoms with Crippen molar-refractivity contribution >= 4 is 58.3 Å². The number of amides is 4. The van der Waals surface area contributed by atoms with Gasteiger partial charge in [-0.05, 0) is 54.7 Å². The number of anilines is 2. The molecule has 6 atom stereocenters. The third kappa shape index (κ3) is 5.52. The Hall–Kier alpha value is -5.60. The van der Waals surface area contributed by atoms with Crippen LogP contribution in [0.25, 0.3) is 0 Å². The third-order valence-corrected chi connectivity index (χ3v) is 11.9. The van der Waals surface area contributed by atoms with Crippen molar-refractivity contribution in [3.8, 4) is 17.2 Å². The molecule has 3 heterocycles. The smallest absolute Gasteiger partial charge is 0.417 e. The number of hydrogen-bond donors (Lipinski definition) is 2. The number of nitrogens with zero attached hydrogens (tertiary/aromatic N) is 3. The normalized spacial score (nSPS) is 25.8. The molecule has 4 aliphatic rings. The standard InChI is InChI=1S/C40H31Cl2F3N4O7/c1-55-23-15-29(50)32(30(16-23)56-2)33-24-12-13-25-31(37(53)48(35(25)51)22-6-4-3-5-7-22)26(24)17-27-36(52)49(38(54)39(27,33)19-8-10-21(41)11-9-19)47-34-28(42)14-20(18-46-34)40(43,44)45/h3-12,14-16,18,25-27,31,33,50H,13,17H2,1-2H3,(H,46,47). The number of allylic oxidation sites excluding steroid dienone is 2. The van der Waals surface area contributed by atoms with E-state index in [0.29, 0.717) is 39.1 Å². The number of phenols is 1. The van der Waals surface area contributed by atoms with Crippen molar-refractivity contribution in [1.82, 2.24) is 9.99 Å². The van der Waals surface area contributed by atoms with Gasteiger partial charge < -0.3 is 14.6 Å². The number of carbonyl (C=O) groups excluding carboxylic acids is 4. The summed E-state index contributed by atoms with van der Waals surface area (Å²) in [5, 5.41) is 12.4. The van der Waals surface area contributed by atoms with Crippen molar-refractivity contribution in [2.45, 2.75) is 30.4 Å². The zero-order valence-electron chi connectivity index (χ0n) is 29.5. The lowest BCUT2D eigenvalue weighted by atomic mass is 9.49. The van der Waals surface area contributed by atoms with Crippen LogP contribution in [0.4, 0.5) is 24.7 Å². The van der Waals surface area contributed by atoms with E-state index in [9.17, 15) is 32.7 Å². The minimum atomic E-state index is -4.77. The number of phenolic OH excluding ortho intramolecular Hbond substituents is 1. The molecule has 4 aromatic rings. The molecule has 2 saturated heterocycles. The number of benzene rings is 3. The third-order valence-electron chi connectivity index (χ3n) is 11.4. The van der Waals surface area contributed by atoms with E-state index < -0.39 is 81.2 Å². The monoisotopic (exact) mass is 806 g/mol. The Morgan fingerprint density at radius 3 is 2.27 bits per heavy atom. The summed E-state index contributed by atoms with van der Waals surface area (Å²) in [6.45, 7) is 0. The highest BCUT2D eigenvalue weighted by Gasteiger charge is 2.71. The van der Waals surface area contributed by atoms with Gasteiger partial charge in [0.25, 0.3) is 11.8 Å². The van der Waals surface area contributed by atoms with Crippen LogP contribution in [0.3, 0.4) is 0 Å². The van der Waals surface area contributed by atoms with Crippen molar-refractivity contribution in [1.29, 1.82) is 0 Å². The molecule has 1 saturated carbocycles. The molecular weight excluding hydrogens is 776 g/mol. The first-order valence-electron chi connectivity index (χ1n) is 17.4. The van der Waals surface area contributed by atoms with Gasteiger partial charge in [0.1, 0.15) is 17.2 Å². The second-order valence-corrected chi connectivity index (χ2v) is 14.9. The zero-order chi connectivity index (χ0) is 39.8. The van der Waals surface area contributed by atoms with Crippen molar-refractivity contribution < 1.29 is 46.9 Å². The molecule has 2 N–H and O–H groups in total. The van der Waals surface area contributed by atoms with E-state index in [0.717, 1.165) is 4.90 Å². The molecule has 1 aromatic heterocycles. The highest BCUT2D eigenvalue weighted by Crippen LogP contribution is 2.66. The predicted octanol–water partition coefficient (Wildman–Crippen LogP) is 7.32. The van der Waals surface area contributed by atoms with E-state index in [1.807, 2.05) is 0 Å². The van der Waals surface area contributed by atoms with Crippen LogP contribution in [-0.2, 0) is 30.8 Å². The molecule has 16 heteroatoms.